The summed E-state index contributed by atoms with van der Waals surface area (Å²) in [4.78, 5) is 2.59. The Labute approximate surface area is 194 Å². The minimum Gasteiger partial charge on any atom is -0.387 e. The quantitative estimate of drug-likeness (QED) is 0.402. The van der Waals surface area contributed by atoms with Crippen LogP contribution in [-0.2, 0) is 0 Å². The first-order chi connectivity index (χ1) is 15.2. The molecule has 164 valence electrons. The van der Waals surface area contributed by atoms with E-state index in [0.29, 0.717) is 0 Å². The molecule has 5 heteroatoms. The highest BCUT2D eigenvalue weighted by Crippen LogP contribution is 2.34. The lowest BCUT2D eigenvalue weighted by atomic mass is 9.91. The lowest BCUT2D eigenvalue weighted by Crippen LogP contribution is -2.36. The van der Waals surface area contributed by atoms with E-state index in [1.165, 1.54) is 16.7 Å². The standard InChI is InChI=1S/C26H32N2OS2/c1-20(26(29)22-6-3-2-4-7-22)27-12-5-13-28-14-8-21(9-15-28)25(23-10-16-30-18-23)24-11-17-31-19-24/h2-4,6-7,10-11,16-20,26-27,29H,5,8-9,12-15H2,1H3. The maximum Gasteiger partial charge on any atom is 0.0940 e. The van der Waals surface area contributed by atoms with Gasteiger partial charge in [0.15, 0.2) is 0 Å². The summed E-state index contributed by atoms with van der Waals surface area (Å²) in [5, 5.41) is 22.9. The minimum absolute atomic E-state index is 0.0528. The second-order valence-electron chi connectivity index (χ2n) is 8.30. The summed E-state index contributed by atoms with van der Waals surface area (Å²) in [6, 6.07) is 14.5. The molecule has 3 nitrogen and oxygen atoms in total. The van der Waals surface area contributed by atoms with Crippen molar-refractivity contribution in [2.24, 2.45) is 0 Å². The van der Waals surface area contributed by atoms with Crippen LogP contribution in [0.25, 0.3) is 5.57 Å². The Hall–Kier alpha value is -1.76. The van der Waals surface area contributed by atoms with Gasteiger partial charge in [0.25, 0.3) is 0 Å². The Bertz CT molecular complexity index is 889. The molecule has 2 N–H and O–H groups in total. The maximum atomic E-state index is 10.5. The molecule has 1 aromatic carbocycles. The van der Waals surface area contributed by atoms with Gasteiger partial charge in [-0.05, 0) is 95.2 Å². The number of hydrogen-bond donors (Lipinski definition) is 2. The topological polar surface area (TPSA) is 35.5 Å². The molecule has 0 aliphatic carbocycles. The van der Waals surface area contributed by atoms with Gasteiger partial charge < -0.3 is 15.3 Å². The van der Waals surface area contributed by atoms with Gasteiger partial charge in [0, 0.05) is 19.1 Å². The zero-order valence-electron chi connectivity index (χ0n) is 18.2. The number of likely N-dealkylation sites (tertiary alicyclic amines) is 1. The van der Waals surface area contributed by atoms with Crippen molar-refractivity contribution in [2.75, 3.05) is 26.2 Å². The van der Waals surface area contributed by atoms with E-state index >= 15 is 0 Å². The zero-order valence-corrected chi connectivity index (χ0v) is 19.8. The molecular weight excluding hydrogens is 420 g/mol. The fourth-order valence-corrected chi connectivity index (χ4v) is 5.66. The van der Waals surface area contributed by atoms with Gasteiger partial charge in [-0.2, -0.15) is 22.7 Å². The largest absolute Gasteiger partial charge is 0.387 e. The van der Waals surface area contributed by atoms with Crippen molar-refractivity contribution in [3.05, 3.63) is 86.2 Å². The third kappa shape index (κ3) is 5.93. The first kappa shape index (κ1) is 22.4. The first-order valence-corrected chi connectivity index (χ1v) is 13.1. The molecule has 0 spiro atoms. The molecule has 2 unspecified atom stereocenters. The predicted octanol–water partition coefficient (Wildman–Crippen LogP) is 5.81. The fourth-order valence-electron chi connectivity index (χ4n) is 4.37. The molecule has 0 amide bonds. The molecular formula is C26H32N2OS2. The number of aliphatic hydroxyl groups excluding tert-OH is 1. The fraction of sp³-hybridized carbons (Fsp3) is 0.385. The third-order valence-electron chi connectivity index (χ3n) is 6.17. The molecule has 2 atom stereocenters. The molecule has 0 radical (unpaired) electrons. The van der Waals surface area contributed by atoms with Crippen molar-refractivity contribution in [3.8, 4) is 0 Å². The predicted molar refractivity (Wildman–Crippen MR) is 134 cm³/mol. The number of thiophene rings is 2. The zero-order chi connectivity index (χ0) is 21.5. The molecule has 2 aromatic heterocycles. The van der Waals surface area contributed by atoms with E-state index in [1.54, 1.807) is 28.2 Å². The monoisotopic (exact) mass is 452 g/mol. The van der Waals surface area contributed by atoms with Gasteiger partial charge in [-0.25, -0.2) is 0 Å². The van der Waals surface area contributed by atoms with Gasteiger partial charge in [0.2, 0.25) is 0 Å². The molecule has 0 saturated carbocycles. The van der Waals surface area contributed by atoms with Crippen LogP contribution in [0.2, 0.25) is 0 Å². The Morgan fingerprint density at radius 2 is 1.65 bits per heavy atom. The summed E-state index contributed by atoms with van der Waals surface area (Å²) < 4.78 is 0. The Morgan fingerprint density at radius 1 is 1.00 bits per heavy atom. The lowest BCUT2D eigenvalue weighted by Gasteiger charge is -2.30. The summed E-state index contributed by atoms with van der Waals surface area (Å²) in [6.07, 6.45) is 2.94. The van der Waals surface area contributed by atoms with Gasteiger partial charge in [0.1, 0.15) is 0 Å². The van der Waals surface area contributed by atoms with Crippen LogP contribution in [0.1, 0.15) is 49.0 Å². The van der Waals surface area contributed by atoms with Crippen molar-refractivity contribution in [2.45, 2.75) is 38.3 Å². The lowest BCUT2D eigenvalue weighted by molar-refractivity contribution is 0.135. The second kappa shape index (κ2) is 11.2. The molecule has 4 rings (SSSR count). The third-order valence-corrected chi connectivity index (χ3v) is 7.53. The van der Waals surface area contributed by atoms with Gasteiger partial charge >= 0.3 is 0 Å². The van der Waals surface area contributed by atoms with Crippen molar-refractivity contribution in [1.82, 2.24) is 10.2 Å². The minimum atomic E-state index is -0.462. The molecule has 31 heavy (non-hydrogen) atoms. The molecule has 1 saturated heterocycles. The van der Waals surface area contributed by atoms with Gasteiger partial charge in [-0.15, -0.1) is 0 Å². The summed E-state index contributed by atoms with van der Waals surface area (Å²) in [5.74, 6) is 0. The Balaban J connectivity index is 1.24. The van der Waals surface area contributed by atoms with E-state index in [9.17, 15) is 5.11 Å². The molecule has 3 aromatic rings. The van der Waals surface area contributed by atoms with E-state index in [0.717, 1.165) is 51.0 Å². The van der Waals surface area contributed by atoms with Crippen LogP contribution in [0.5, 0.6) is 0 Å². The summed E-state index contributed by atoms with van der Waals surface area (Å²) in [7, 11) is 0. The van der Waals surface area contributed by atoms with Crippen LogP contribution in [0.15, 0.2) is 69.6 Å². The SMILES string of the molecule is CC(NCCCN1CCC(=C(c2ccsc2)c2ccsc2)CC1)C(O)c1ccccc1. The van der Waals surface area contributed by atoms with E-state index in [-0.39, 0.29) is 6.04 Å². The normalized spacial score (nSPS) is 16.9. The summed E-state index contributed by atoms with van der Waals surface area (Å²) in [6.45, 7) is 6.37. The van der Waals surface area contributed by atoms with Crippen LogP contribution in [-0.4, -0.2) is 42.2 Å². The summed E-state index contributed by atoms with van der Waals surface area (Å²) in [5.41, 5.74) is 6.80. The van der Waals surface area contributed by atoms with E-state index in [2.05, 4.69) is 50.8 Å². The van der Waals surface area contributed by atoms with Crippen molar-refractivity contribution >= 4 is 28.2 Å². The smallest absolute Gasteiger partial charge is 0.0940 e. The van der Waals surface area contributed by atoms with Crippen LogP contribution < -0.4 is 5.32 Å². The number of nitrogens with zero attached hydrogens (tertiary/aromatic N) is 1. The number of rotatable bonds is 9. The number of aliphatic hydroxyl groups is 1. The molecule has 1 fully saturated rings. The molecule has 0 bridgehead atoms. The first-order valence-electron chi connectivity index (χ1n) is 11.2. The van der Waals surface area contributed by atoms with Gasteiger partial charge in [-0.3, -0.25) is 0 Å². The van der Waals surface area contributed by atoms with Crippen LogP contribution in [0, 0.1) is 0 Å². The highest BCUT2D eigenvalue weighted by molar-refractivity contribution is 7.08. The van der Waals surface area contributed by atoms with E-state index in [1.807, 2.05) is 30.3 Å². The number of nitrogens with one attached hydrogen (secondary N) is 1. The average Bonchev–Trinajstić information content (AvgIpc) is 3.53. The molecule has 3 heterocycles. The van der Waals surface area contributed by atoms with Crippen LogP contribution >= 0.6 is 22.7 Å². The highest BCUT2D eigenvalue weighted by Gasteiger charge is 2.20. The highest BCUT2D eigenvalue weighted by atomic mass is 32.1. The van der Waals surface area contributed by atoms with Gasteiger partial charge in [0.05, 0.1) is 6.10 Å². The van der Waals surface area contributed by atoms with E-state index < -0.39 is 6.10 Å². The molecule has 1 aliphatic rings. The number of hydrogen-bond acceptors (Lipinski definition) is 5. The van der Waals surface area contributed by atoms with Gasteiger partial charge in [-0.1, -0.05) is 35.9 Å². The number of benzene rings is 1. The Kier molecular flexibility index (Phi) is 8.11. The second-order valence-corrected chi connectivity index (χ2v) is 9.86. The average molecular weight is 453 g/mol. The van der Waals surface area contributed by atoms with Crippen LogP contribution in [0.3, 0.4) is 0 Å². The van der Waals surface area contributed by atoms with E-state index in [4.69, 9.17) is 0 Å². The van der Waals surface area contributed by atoms with Crippen molar-refractivity contribution in [1.29, 1.82) is 0 Å². The van der Waals surface area contributed by atoms with Crippen molar-refractivity contribution < 1.29 is 5.11 Å². The maximum absolute atomic E-state index is 10.5. The van der Waals surface area contributed by atoms with Crippen molar-refractivity contribution in [3.63, 3.8) is 0 Å². The van der Waals surface area contributed by atoms with Crippen LogP contribution in [0.4, 0.5) is 0 Å². The Morgan fingerprint density at radius 3 is 2.23 bits per heavy atom. The molecule has 1 aliphatic heterocycles. The number of piperidine rings is 1. The summed E-state index contributed by atoms with van der Waals surface area (Å²) >= 11 is 3.56.